The van der Waals surface area contributed by atoms with Crippen molar-refractivity contribution < 1.29 is 4.52 Å². The maximum Gasteiger partial charge on any atom is 0.326 e. The fourth-order valence-electron chi connectivity index (χ4n) is 3.69. The first kappa shape index (κ1) is 16.9. The van der Waals surface area contributed by atoms with Gasteiger partial charge in [0, 0.05) is 18.2 Å². The SMILES string of the molecule is Cc1noc(C)c1-c1cc(-c2cccc(C#N)c2C)c2c(c1)[nH]c(=O)n2C. The summed E-state index contributed by atoms with van der Waals surface area (Å²) in [6.07, 6.45) is 0. The molecular weight excluding hydrogens is 340 g/mol. The topological polar surface area (TPSA) is 87.6 Å². The van der Waals surface area contributed by atoms with E-state index in [9.17, 15) is 10.1 Å². The summed E-state index contributed by atoms with van der Waals surface area (Å²) in [5.41, 5.74) is 7.27. The molecule has 4 aromatic rings. The van der Waals surface area contributed by atoms with Gasteiger partial charge in [0.2, 0.25) is 0 Å². The second-order valence-electron chi connectivity index (χ2n) is 6.70. The van der Waals surface area contributed by atoms with Crippen LogP contribution in [0, 0.1) is 32.1 Å². The molecule has 0 spiro atoms. The zero-order valence-corrected chi connectivity index (χ0v) is 15.5. The molecule has 6 heteroatoms. The zero-order chi connectivity index (χ0) is 19.3. The molecule has 2 aromatic carbocycles. The minimum atomic E-state index is -0.184. The monoisotopic (exact) mass is 358 g/mol. The molecule has 27 heavy (non-hydrogen) atoms. The third-order valence-corrected chi connectivity index (χ3v) is 5.06. The molecule has 0 radical (unpaired) electrons. The van der Waals surface area contributed by atoms with E-state index in [-0.39, 0.29) is 5.69 Å². The number of benzene rings is 2. The van der Waals surface area contributed by atoms with Crippen LogP contribution < -0.4 is 5.69 Å². The summed E-state index contributed by atoms with van der Waals surface area (Å²) in [4.78, 5) is 15.2. The van der Waals surface area contributed by atoms with Crippen LogP contribution in [0.4, 0.5) is 0 Å². The lowest BCUT2D eigenvalue weighted by atomic mass is 9.92. The van der Waals surface area contributed by atoms with Crippen LogP contribution in [0.3, 0.4) is 0 Å². The van der Waals surface area contributed by atoms with Gasteiger partial charge in [0.1, 0.15) is 5.76 Å². The van der Waals surface area contributed by atoms with Crippen LogP contribution in [0.25, 0.3) is 33.3 Å². The molecule has 2 heterocycles. The average Bonchev–Trinajstić information content (AvgIpc) is 3.13. The summed E-state index contributed by atoms with van der Waals surface area (Å²) in [6.45, 7) is 5.69. The van der Waals surface area contributed by atoms with Crippen molar-refractivity contribution >= 4 is 11.0 Å². The average molecular weight is 358 g/mol. The Bertz CT molecular complexity index is 1280. The van der Waals surface area contributed by atoms with Gasteiger partial charge >= 0.3 is 5.69 Å². The Morgan fingerprint density at radius 2 is 1.96 bits per heavy atom. The van der Waals surface area contributed by atoms with Gasteiger partial charge in [-0.2, -0.15) is 5.26 Å². The van der Waals surface area contributed by atoms with Gasteiger partial charge in [-0.05, 0) is 55.7 Å². The number of fused-ring (bicyclic) bond motifs is 1. The molecule has 0 amide bonds. The van der Waals surface area contributed by atoms with E-state index < -0.39 is 0 Å². The number of H-pyrrole nitrogens is 1. The van der Waals surface area contributed by atoms with E-state index in [2.05, 4.69) is 16.2 Å². The zero-order valence-electron chi connectivity index (χ0n) is 15.5. The van der Waals surface area contributed by atoms with E-state index >= 15 is 0 Å². The Hall–Kier alpha value is -3.59. The summed E-state index contributed by atoms with van der Waals surface area (Å²) in [7, 11) is 1.74. The van der Waals surface area contributed by atoms with Gasteiger partial charge in [0.15, 0.2) is 0 Å². The Morgan fingerprint density at radius 3 is 2.63 bits per heavy atom. The molecule has 0 unspecified atom stereocenters. The van der Waals surface area contributed by atoms with Crippen LogP contribution in [0.1, 0.15) is 22.6 Å². The molecule has 4 rings (SSSR count). The van der Waals surface area contributed by atoms with Crippen molar-refractivity contribution in [3.63, 3.8) is 0 Å². The third kappa shape index (κ3) is 2.48. The fourth-order valence-corrected chi connectivity index (χ4v) is 3.69. The van der Waals surface area contributed by atoms with Gasteiger partial charge in [-0.25, -0.2) is 4.79 Å². The molecule has 0 saturated heterocycles. The number of nitrogens with one attached hydrogen (secondary N) is 1. The van der Waals surface area contributed by atoms with Gasteiger partial charge in [0.05, 0.1) is 28.4 Å². The Morgan fingerprint density at radius 1 is 1.19 bits per heavy atom. The first-order valence-corrected chi connectivity index (χ1v) is 8.58. The Kier molecular flexibility index (Phi) is 3.74. The smallest absolute Gasteiger partial charge is 0.326 e. The van der Waals surface area contributed by atoms with Crippen LogP contribution in [0.5, 0.6) is 0 Å². The molecule has 0 fully saturated rings. The lowest BCUT2D eigenvalue weighted by Gasteiger charge is -2.12. The summed E-state index contributed by atoms with van der Waals surface area (Å²) in [5, 5.41) is 13.5. The quantitative estimate of drug-likeness (QED) is 0.587. The molecule has 134 valence electrons. The molecular formula is C21H18N4O2. The highest BCUT2D eigenvalue weighted by atomic mass is 16.5. The molecule has 0 atom stereocenters. The molecule has 2 aromatic heterocycles. The molecule has 0 aliphatic carbocycles. The molecule has 0 aliphatic rings. The summed E-state index contributed by atoms with van der Waals surface area (Å²) in [6, 6.07) is 11.8. The predicted molar refractivity (Wildman–Crippen MR) is 103 cm³/mol. The van der Waals surface area contributed by atoms with Crippen LogP contribution in [-0.2, 0) is 7.05 Å². The van der Waals surface area contributed by atoms with Gasteiger partial charge in [-0.15, -0.1) is 0 Å². The van der Waals surface area contributed by atoms with Crippen LogP contribution in [0.2, 0.25) is 0 Å². The number of hydrogen-bond acceptors (Lipinski definition) is 4. The Balaban J connectivity index is 2.14. The highest BCUT2D eigenvalue weighted by Gasteiger charge is 2.19. The van der Waals surface area contributed by atoms with Crippen LogP contribution in [-0.4, -0.2) is 14.7 Å². The number of aromatic amines is 1. The second-order valence-corrected chi connectivity index (χ2v) is 6.70. The van der Waals surface area contributed by atoms with Crippen molar-refractivity contribution in [2.24, 2.45) is 7.05 Å². The number of aromatic nitrogens is 3. The Labute approximate surface area is 155 Å². The summed E-state index contributed by atoms with van der Waals surface area (Å²) >= 11 is 0. The van der Waals surface area contributed by atoms with Gasteiger partial charge in [0.25, 0.3) is 0 Å². The van der Waals surface area contributed by atoms with Crippen LogP contribution in [0.15, 0.2) is 39.6 Å². The first-order valence-electron chi connectivity index (χ1n) is 8.58. The van der Waals surface area contributed by atoms with Gasteiger partial charge in [-0.1, -0.05) is 17.3 Å². The van der Waals surface area contributed by atoms with E-state index in [0.717, 1.165) is 50.3 Å². The lowest BCUT2D eigenvalue weighted by molar-refractivity contribution is 0.393. The number of rotatable bonds is 2. The highest BCUT2D eigenvalue weighted by Crippen LogP contribution is 2.37. The molecule has 0 aliphatic heterocycles. The van der Waals surface area contributed by atoms with E-state index in [0.29, 0.717) is 5.56 Å². The third-order valence-electron chi connectivity index (χ3n) is 5.06. The standard InChI is InChI=1S/C21H18N4O2/c1-11-14(10-22)6-5-7-16(11)17-8-15(19-12(2)24-27-13(19)3)9-18-20(17)25(4)21(26)23-18/h5-9H,1-4H3,(H,23,26). The van der Waals surface area contributed by atoms with E-state index in [4.69, 9.17) is 4.52 Å². The molecule has 0 saturated carbocycles. The summed E-state index contributed by atoms with van der Waals surface area (Å²) in [5.74, 6) is 0.721. The largest absolute Gasteiger partial charge is 0.361 e. The van der Waals surface area contributed by atoms with Crippen molar-refractivity contribution in [3.8, 4) is 28.3 Å². The van der Waals surface area contributed by atoms with Crippen molar-refractivity contribution in [2.45, 2.75) is 20.8 Å². The fraction of sp³-hybridized carbons (Fsp3) is 0.190. The van der Waals surface area contributed by atoms with E-state index in [1.54, 1.807) is 17.7 Å². The van der Waals surface area contributed by atoms with E-state index in [1.807, 2.05) is 45.0 Å². The highest BCUT2D eigenvalue weighted by molar-refractivity contribution is 5.97. The first-order chi connectivity index (χ1) is 12.9. The summed E-state index contributed by atoms with van der Waals surface area (Å²) < 4.78 is 6.92. The van der Waals surface area contributed by atoms with Gasteiger partial charge < -0.3 is 9.51 Å². The number of nitriles is 1. The minimum absolute atomic E-state index is 0.184. The minimum Gasteiger partial charge on any atom is -0.361 e. The van der Waals surface area contributed by atoms with Gasteiger partial charge in [-0.3, -0.25) is 4.57 Å². The molecule has 1 N–H and O–H groups in total. The maximum atomic E-state index is 12.3. The number of nitrogens with zero attached hydrogens (tertiary/aromatic N) is 3. The van der Waals surface area contributed by atoms with Crippen molar-refractivity contribution in [1.82, 2.24) is 14.7 Å². The lowest BCUT2D eigenvalue weighted by Crippen LogP contribution is -2.12. The van der Waals surface area contributed by atoms with Crippen LogP contribution >= 0.6 is 0 Å². The van der Waals surface area contributed by atoms with Crippen molar-refractivity contribution in [3.05, 3.63) is 63.4 Å². The number of hydrogen-bond donors (Lipinski definition) is 1. The molecule has 6 nitrogen and oxygen atoms in total. The predicted octanol–water partition coefficient (Wildman–Crippen LogP) is 3.99. The normalized spacial score (nSPS) is 11.1. The second kappa shape index (κ2) is 5.99. The van der Waals surface area contributed by atoms with Crippen molar-refractivity contribution in [1.29, 1.82) is 5.26 Å². The number of imidazole rings is 1. The van der Waals surface area contributed by atoms with Crippen molar-refractivity contribution in [2.75, 3.05) is 0 Å². The molecule has 0 bridgehead atoms. The maximum absolute atomic E-state index is 12.3. The number of aryl methyl sites for hydroxylation is 3. The van der Waals surface area contributed by atoms with E-state index in [1.165, 1.54) is 0 Å².